The van der Waals surface area contributed by atoms with Gasteiger partial charge < -0.3 is 15.0 Å². The van der Waals surface area contributed by atoms with E-state index in [1.54, 1.807) is 4.68 Å². The molecule has 0 radical (unpaired) electrons. The van der Waals surface area contributed by atoms with E-state index < -0.39 is 6.04 Å². The van der Waals surface area contributed by atoms with Crippen LogP contribution >= 0.6 is 0 Å². The summed E-state index contributed by atoms with van der Waals surface area (Å²) in [6, 6.07) is 7.47. The van der Waals surface area contributed by atoms with Gasteiger partial charge in [-0.1, -0.05) is 23.4 Å². The van der Waals surface area contributed by atoms with Crippen LogP contribution in [0.1, 0.15) is 18.8 Å². The Morgan fingerprint density at radius 2 is 2.19 bits per heavy atom. The molecule has 7 nitrogen and oxygen atoms in total. The van der Waals surface area contributed by atoms with Crippen molar-refractivity contribution in [3.05, 3.63) is 30.1 Å². The molecule has 0 saturated carbocycles. The number of hydrogen-bond acceptors (Lipinski definition) is 6. The largest absolute Gasteiger partial charge is 0.380 e. The van der Waals surface area contributed by atoms with E-state index in [0.717, 1.165) is 10.9 Å². The molecule has 3 aromatic rings. The third-order valence-electron chi connectivity index (χ3n) is 3.24. The molecule has 1 aromatic carbocycles. The van der Waals surface area contributed by atoms with Crippen molar-refractivity contribution in [3.8, 4) is 11.6 Å². The average Bonchev–Trinajstić information content (AvgIpc) is 3.10. The van der Waals surface area contributed by atoms with Crippen LogP contribution in [0.15, 0.2) is 28.8 Å². The topological polar surface area (TPSA) is 92.0 Å². The molecule has 0 spiro atoms. The molecule has 110 valence electrons. The number of ether oxygens (including phenoxy) is 1. The first-order chi connectivity index (χ1) is 10.2. The minimum Gasteiger partial charge on any atom is -0.380 e. The van der Waals surface area contributed by atoms with Crippen molar-refractivity contribution in [2.45, 2.75) is 13.0 Å². The van der Waals surface area contributed by atoms with Gasteiger partial charge in [-0.2, -0.15) is 10.1 Å². The number of para-hydroxylation sites is 1. The third kappa shape index (κ3) is 2.53. The molecule has 0 saturated heterocycles. The average molecular weight is 287 g/mol. The van der Waals surface area contributed by atoms with Gasteiger partial charge in [0.25, 0.3) is 5.89 Å². The second kappa shape index (κ2) is 5.63. The van der Waals surface area contributed by atoms with E-state index in [-0.39, 0.29) is 0 Å². The van der Waals surface area contributed by atoms with Crippen LogP contribution in [0.4, 0.5) is 0 Å². The summed E-state index contributed by atoms with van der Waals surface area (Å²) in [5, 5.41) is 9.33. The van der Waals surface area contributed by atoms with E-state index in [2.05, 4.69) is 15.2 Å². The SMILES string of the molecule is CCOCC(N)c1noc(-c2nn(C)c3ccccc23)n1. The first-order valence-corrected chi connectivity index (χ1v) is 6.79. The number of nitrogens with zero attached hydrogens (tertiary/aromatic N) is 4. The molecular formula is C14H17N5O2. The van der Waals surface area contributed by atoms with Gasteiger partial charge in [0, 0.05) is 19.0 Å². The van der Waals surface area contributed by atoms with E-state index in [9.17, 15) is 0 Å². The lowest BCUT2D eigenvalue weighted by Gasteiger charge is -2.05. The highest BCUT2D eigenvalue weighted by atomic mass is 16.5. The molecule has 7 heteroatoms. The van der Waals surface area contributed by atoms with Crippen LogP contribution in [0.3, 0.4) is 0 Å². The van der Waals surface area contributed by atoms with Gasteiger partial charge in [-0.3, -0.25) is 4.68 Å². The van der Waals surface area contributed by atoms with E-state index in [1.807, 2.05) is 38.2 Å². The lowest BCUT2D eigenvalue weighted by molar-refractivity contribution is 0.130. The van der Waals surface area contributed by atoms with Crippen LogP contribution in [0, 0.1) is 0 Å². The number of aryl methyl sites for hydroxylation is 1. The van der Waals surface area contributed by atoms with Crippen molar-refractivity contribution >= 4 is 10.9 Å². The summed E-state index contributed by atoms with van der Waals surface area (Å²) in [7, 11) is 1.88. The Labute approximate surface area is 121 Å². The summed E-state index contributed by atoms with van der Waals surface area (Å²) in [5.74, 6) is 0.793. The quantitative estimate of drug-likeness (QED) is 0.767. The predicted molar refractivity (Wildman–Crippen MR) is 77.4 cm³/mol. The summed E-state index contributed by atoms with van der Waals surface area (Å²) < 4.78 is 12.4. The summed E-state index contributed by atoms with van der Waals surface area (Å²) >= 11 is 0. The fourth-order valence-corrected chi connectivity index (χ4v) is 2.17. The van der Waals surface area contributed by atoms with Crippen LogP contribution < -0.4 is 5.73 Å². The van der Waals surface area contributed by atoms with Crippen LogP contribution in [-0.2, 0) is 11.8 Å². The van der Waals surface area contributed by atoms with E-state index in [1.165, 1.54) is 0 Å². The summed E-state index contributed by atoms with van der Waals surface area (Å²) in [4.78, 5) is 4.34. The molecule has 0 aliphatic heterocycles. The second-order valence-electron chi connectivity index (χ2n) is 4.71. The third-order valence-corrected chi connectivity index (χ3v) is 3.24. The molecule has 0 aliphatic rings. The van der Waals surface area contributed by atoms with Gasteiger partial charge in [0.15, 0.2) is 11.5 Å². The van der Waals surface area contributed by atoms with Crippen molar-refractivity contribution in [1.82, 2.24) is 19.9 Å². The van der Waals surface area contributed by atoms with Gasteiger partial charge in [0.1, 0.15) is 0 Å². The Morgan fingerprint density at radius 3 is 3.00 bits per heavy atom. The standard InChI is InChI=1S/C14H17N5O2/c1-3-20-8-10(15)13-16-14(21-18-13)12-9-6-4-5-7-11(9)19(2)17-12/h4-7,10H,3,8,15H2,1-2H3. The zero-order valence-electron chi connectivity index (χ0n) is 12.0. The minimum absolute atomic E-state index is 0.360. The number of benzene rings is 1. The van der Waals surface area contributed by atoms with Crippen molar-refractivity contribution in [2.75, 3.05) is 13.2 Å². The number of nitrogens with two attached hydrogens (primary N) is 1. The second-order valence-corrected chi connectivity index (χ2v) is 4.71. The number of hydrogen-bond donors (Lipinski definition) is 1. The van der Waals surface area contributed by atoms with E-state index >= 15 is 0 Å². The molecule has 21 heavy (non-hydrogen) atoms. The first kappa shape index (κ1) is 13.7. The first-order valence-electron chi connectivity index (χ1n) is 6.79. The van der Waals surface area contributed by atoms with Crippen molar-refractivity contribution in [1.29, 1.82) is 0 Å². The van der Waals surface area contributed by atoms with Crippen LogP contribution in [-0.4, -0.2) is 33.1 Å². The zero-order valence-corrected chi connectivity index (χ0v) is 12.0. The highest BCUT2D eigenvalue weighted by Gasteiger charge is 2.19. The van der Waals surface area contributed by atoms with Crippen molar-refractivity contribution < 1.29 is 9.26 Å². The molecule has 3 rings (SSSR count). The Bertz CT molecular complexity index is 749. The monoisotopic (exact) mass is 287 g/mol. The highest BCUT2D eigenvalue weighted by molar-refractivity contribution is 5.91. The highest BCUT2D eigenvalue weighted by Crippen LogP contribution is 2.26. The smallest absolute Gasteiger partial charge is 0.279 e. The molecule has 0 fully saturated rings. The van der Waals surface area contributed by atoms with Crippen molar-refractivity contribution in [3.63, 3.8) is 0 Å². The molecule has 1 unspecified atom stereocenters. The number of fused-ring (bicyclic) bond motifs is 1. The van der Waals surface area contributed by atoms with Gasteiger partial charge in [-0.05, 0) is 13.0 Å². The molecule has 2 heterocycles. The van der Waals surface area contributed by atoms with Gasteiger partial charge in [-0.25, -0.2) is 0 Å². The Morgan fingerprint density at radius 1 is 1.38 bits per heavy atom. The molecule has 0 bridgehead atoms. The zero-order chi connectivity index (χ0) is 14.8. The van der Waals surface area contributed by atoms with Crippen LogP contribution in [0.5, 0.6) is 0 Å². The maximum Gasteiger partial charge on any atom is 0.279 e. The fraction of sp³-hybridized carbons (Fsp3) is 0.357. The van der Waals surface area contributed by atoms with Crippen LogP contribution in [0.2, 0.25) is 0 Å². The van der Waals surface area contributed by atoms with Gasteiger partial charge in [-0.15, -0.1) is 0 Å². The summed E-state index contributed by atoms with van der Waals surface area (Å²) in [6.07, 6.45) is 0. The maximum absolute atomic E-state index is 5.95. The summed E-state index contributed by atoms with van der Waals surface area (Å²) in [5.41, 5.74) is 7.62. The Hall–Kier alpha value is -2.25. The van der Waals surface area contributed by atoms with Gasteiger partial charge >= 0.3 is 0 Å². The Kier molecular flexibility index (Phi) is 3.68. The van der Waals surface area contributed by atoms with Gasteiger partial charge in [0.05, 0.1) is 18.2 Å². The minimum atomic E-state index is -0.405. The van der Waals surface area contributed by atoms with Crippen molar-refractivity contribution in [2.24, 2.45) is 12.8 Å². The van der Waals surface area contributed by atoms with E-state index in [4.69, 9.17) is 15.0 Å². The maximum atomic E-state index is 5.95. The van der Waals surface area contributed by atoms with E-state index in [0.29, 0.717) is 30.6 Å². The molecule has 2 N–H and O–H groups in total. The Balaban J connectivity index is 1.95. The summed E-state index contributed by atoms with van der Waals surface area (Å²) in [6.45, 7) is 2.87. The molecule has 1 atom stereocenters. The van der Waals surface area contributed by atoms with Crippen LogP contribution in [0.25, 0.3) is 22.5 Å². The molecular weight excluding hydrogens is 270 g/mol. The normalized spacial score (nSPS) is 12.9. The number of aromatic nitrogens is 4. The predicted octanol–water partition coefficient (Wildman–Crippen LogP) is 1.66. The number of rotatable bonds is 5. The molecule has 0 amide bonds. The fourth-order valence-electron chi connectivity index (χ4n) is 2.17. The van der Waals surface area contributed by atoms with Gasteiger partial charge in [0.2, 0.25) is 0 Å². The lowest BCUT2D eigenvalue weighted by atomic mass is 10.2. The molecule has 2 aromatic heterocycles. The molecule has 0 aliphatic carbocycles. The lowest BCUT2D eigenvalue weighted by Crippen LogP contribution is -2.18.